The Kier molecular flexibility index (Phi) is 4.07. The van der Waals surface area contributed by atoms with Gasteiger partial charge < -0.3 is 9.63 Å². The molecule has 1 saturated carbocycles. The smallest absolute Gasteiger partial charge is 0.380 e. The van der Waals surface area contributed by atoms with Crippen LogP contribution in [0.25, 0.3) is 0 Å². The average molecular weight is 356 g/mol. The highest BCUT2D eigenvalue weighted by atomic mass is 19.4. The summed E-state index contributed by atoms with van der Waals surface area (Å²) in [5, 5.41) is 24.8. The molecule has 3 rings (SSSR count). The van der Waals surface area contributed by atoms with Crippen molar-refractivity contribution in [2.45, 2.75) is 31.0 Å². The molecule has 1 aliphatic rings. The zero-order chi connectivity index (χ0) is 18.4. The molecule has 0 saturated heterocycles. The van der Waals surface area contributed by atoms with Crippen LogP contribution in [0.1, 0.15) is 52.1 Å². The molecule has 2 aromatic rings. The minimum absolute atomic E-state index is 0.0162. The number of aliphatic hydroxyl groups is 1. The monoisotopic (exact) mass is 356 g/mol. The lowest BCUT2D eigenvalue weighted by Gasteiger charge is -2.11. The summed E-state index contributed by atoms with van der Waals surface area (Å²) in [7, 11) is 0. The van der Waals surface area contributed by atoms with Gasteiger partial charge in [0.05, 0.1) is 27.8 Å². The number of ketones is 1. The van der Waals surface area contributed by atoms with Gasteiger partial charge in [0.25, 0.3) is 5.69 Å². The molecule has 0 bridgehead atoms. The van der Waals surface area contributed by atoms with Crippen LogP contribution < -0.4 is 0 Å². The maximum absolute atomic E-state index is 12.7. The molecular formula is C15H11F3N2O5. The second-order valence-electron chi connectivity index (χ2n) is 5.67. The van der Waals surface area contributed by atoms with Gasteiger partial charge in [0.15, 0.2) is 0 Å². The van der Waals surface area contributed by atoms with Gasteiger partial charge in [-0.1, -0.05) is 5.16 Å². The zero-order valence-corrected chi connectivity index (χ0v) is 12.5. The molecule has 1 atom stereocenters. The molecule has 7 nitrogen and oxygen atoms in total. The summed E-state index contributed by atoms with van der Waals surface area (Å²) in [6.07, 6.45) is -3.88. The van der Waals surface area contributed by atoms with Crippen molar-refractivity contribution in [3.8, 4) is 0 Å². The molecule has 1 unspecified atom stereocenters. The number of carbonyl (C=O) groups is 1. The van der Waals surface area contributed by atoms with Gasteiger partial charge in [0, 0.05) is 12.0 Å². The van der Waals surface area contributed by atoms with Crippen LogP contribution in [-0.2, 0) is 6.18 Å². The molecule has 25 heavy (non-hydrogen) atoms. The van der Waals surface area contributed by atoms with Gasteiger partial charge in [-0.05, 0) is 25.0 Å². The molecular weight excluding hydrogens is 345 g/mol. The first-order chi connectivity index (χ1) is 11.7. The number of hydrogen-bond acceptors (Lipinski definition) is 6. The number of rotatable bonds is 5. The van der Waals surface area contributed by atoms with Crippen molar-refractivity contribution in [3.63, 3.8) is 0 Å². The first-order valence-corrected chi connectivity index (χ1v) is 7.22. The predicted molar refractivity (Wildman–Crippen MR) is 75.9 cm³/mol. The highest BCUT2D eigenvalue weighted by Gasteiger charge is 2.38. The third-order valence-corrected chi connectivity index (χ3v) is 3.91. The number of nitro benzene ring substituents is 1. The fourth-order valence-corrected chi connectivity index (χ4v) is 2.47. The standard InChI is InChI=1S/C15H11F3N2O5/c16-15(17,18)8-3-4-9(11(5-8)20(23)24)12(21)13(22)10-6-19-25-14(10)7-1-2-7/h3-7,13,22H,1-2H2. The van der Waals surface area contributed by atoms with Crippen molar-refractivity contribution < 1.29 is 32.5 Å². The van der Waals surface area contributed by atoms with Crippen molar-refractivity contribution in [2.75, 3.05) is 0 Å². The van der Waals surface area contributed by atoms with Crippen molar-refractivity contribution in [1.29, 1.82) is 0 Å². The number of carbonyl (C=O) groups excluding carboxylic acids is 1. The summed E-state index contributed by atoms with van der Waals surface area (Å²) < 4.78 is 43.1. The van der Waals surface area contributed by atoms with Crippen molar-refractivity contribution in [2.24, 2.45) is 0 Å². The van der Waals surface area contributed by atoms with E-state index < -0.39 is 39.8 Å². The summed E-state index contributed by atoms with van der Waals surface area (Å²) >= 11 is 0. The number of alkyl halides is 3. The molecule has 1 N–H and O–H groups in total. The summed E-state index contributed by atoms with van der Waals surface area (Å²) in [6.45, 7) is 0. The number of nitro groups is 1. The Labute approximate surface area is 138 Å². The van der Waals surface area contributed by atoms with E-state index in [-0.39, 0.29) is 17.5 Å². The normalized spacial score (nSPS) is 15.8. The van der Waals surface area contributed by atoms with E-state index in [1.54, 1.807) is 0 Å². The SMILES string of the molecule is O=C(c1ccc(C(F)(F)F)cc1[N+](=O)[O-])C(O)c1cnoc1C1CC1. The van der Waals surface area contributed by atoms with Gasteiger partial charge in [-0.15, -0.1) is 0 Å². The molecule has 1 aromatic carbocycles. The quantitative estimate of drug-likeness (QED) is 0.500. The van der Waals surface area contributed by atoms with Crippen LogP contribution in [0.3, 0.4) is 0 Å². The van der Waals surface area contributed by atoms with E-state index in [0.29, 0.717) is 17.9 Å². The van der Waals surface area contributed by atoms with E-state index in [0.717, 1.165) is 19.0 Å². The largest absolute Gasteiger partial charge is 0.416 e. The number of nitrogens with zero attached hydrogens (tertiary/aromatic N) is 2. The van der Waals surface area contributed by atoms with Crippen molar-refractivity contribution >= 4 is 11.5 Å². The Hall–Kier alpha value is -2.75. The van der Waals surface area contributed by atoms with Gasteiger partial charge in [-0.25, -0.2) is 0 Å². The van der Waals surface area contributed by atoms with E-state index in [2.05, 4.69) is 5.16 Å². The Morgan fingerprint density at radius 1 is 1.40 bits per heavy atom. The van der Waals surface area contributed by atoms with Gasteiger partial charge in [0.2, 0.25) is 5.78 Å². The lowest BCUT2D eigenvalue weighted by molar-refractivity contribution is -0.385. The number of benzene rings is 1. The van der Waals surface area contributed by atoms with Crippen LogP contribution in [0.4, 0.5) is 18.9 Å². The minimum Gasteiger partial charge on any atom is -0.380 e. The van der Waals surface area contributed by atoms with Crippen LogP contribution in [0.2, 0.25) is 0 Å². The van der Waals surface area contributed by atoms with E-state index in [4.69, 9.17) is 4.52 Å². The average Bonchev–Trinajstić information content (AvgIpc) is 3.29. The topological polar surface area (TPSA) is 106 Å². The van der Waals surface area contributed by atoms with E-state index in [1.165, 1.54) is 0 Å². The molecule has 0 radical (unpaired) electrons. The second-order valence-corrected chi connectivity index (χ2v) is 5.67. The van der Waals surface area contributed by atoms with Gasteiger partial charge in [-0.2, -0.15) is 13.2 Å². The van der Waals surface area contributed by atoms with E-state index in [9.17, 15) is 33.2 Å². The van der Waals surface area contributed by atoms with Gasteiger partial charge >= 0.3 is 6.18 Å². The number of aromatic nitrogens is 1. The Morgan fingerprint density at radius 2 is 2.08 bits per heavy atom. The molecule has 0 aliphatic heterocycles. The van der Waals surface area contributed by atoms with Crippen LogP contribution >= 0.6 is 0 Å². The summed E-state index contributed by atoms with van der Waals surface area (Å²) in [6, 6.07) is 1.52. The van der Waals surface area contributed by atoms with Crippen molar-refractivity contribution in [3.05, 3.63) is 57.0 Å². The maximum atomic E-state index is 12.7. The Morgan fingerprint density at radius 3 is 2.64 bits per heavy atom. The fraction of sp³-hybridized carbons (Fsp3) is 0.333. The second kappa shape index (κ2) is 5.96. The molecule has 10 heteroatoms. The van der Waals surface area contributed by atoms with E-state index in [1.807, 2.05) is 0 Å². The van der Waals surface area contributed by atoms with Crippen LogP contribution in [0.5, 0.6) is 0 Å². The third-order valence-electron chi connectivity index (χ3n) is 3.91. The highest BCUT2D eigenvalue weighted by Crippen LogP contribution is 2.43. The predicted octanol–water partition coefficient (Wildman–Crippen LogP) is 3.40. The Balaban J connectivity index is 1.98. The number of halogens is 3. The van der Waals surface area contributed by atoms with Crippen LogP contribution in [-0.4, -0.2) is 21.0 Å². The number of hydrogen-bond donors (Lipinski definition) is 1. The molecule has 1 heterocycles. The summed E-state index contributed by atoms with van der Waals surface area (Å²) in [5.74, 6) is -0.761. The summed E-state index contributed by atoms with van der Waals surface area (Å²) in [5.41, 5.74) is -2.83. The first-order valence-electron chi connectivity index (χ1n) is 7.22. The molecule has 0 spiro atoms. The molecule has 1 aromatic heterocycles. The van der Waals surface area contributed by atoms with Gasteiger partial charge in [0.1, 0.15) is 11.9 Å². The zero-order valence-electron chi connectivity index (χ0n) is 12.5. The van der Waals surface area contributed by atoms with E-state index >= 15 is 0 Å². The molecule has 1 fully saturated rings. The maximum Gasteiger partial charge on any atom is 0.416 e. The minimum atomic E-state index is -4.79. The van der Waals surface area contributed by atoms with Gasteiger partial charge in [-0.3, -0.25) is 14.9 Å². The fourth-order valence-electron chi connectivity index (χ4n) is 2.47. The third kappa shape index (κ3) is 3.25. The highest BCUT2D eigenvalue weighted by molar-refractivity contribution is 6.03. The number of Topliss-reactive ketones (excluding diaryl/α,β-unsaturated/α-hetero) is 1. The Bertz CT molecular complexity index is 842. The van der Waals surface area contributed by atoms with Crippen LogP contribution in [0.15, 0.2) is 28.9 Å². The lowest BCUT2D eigenvalue weighted by Crippen LogP contribution is -2.16. The van der Waals surface area contributed by atoms with Crippen LogP contribution in [0, 0.1) is 10.1 Å². The first kappa shape index (κ1) is 17.1. The molecule has 0 amide bonds. The lowest BCUT2D eigenvalue weighted by atomic mass is 9.97. The summed E-state index contributed by atoms with van der Waals surface area (Å²) in [4.78, 5) is 22.4. The number of aliphatic hydroxyl groups excluding tert-OH is 1. The molecule has 1 aliphatic carbocycles. The van der Waals surface area contributed by atoms with Crippen molar-refractivity contribution in [1.82, 2.24) is 5.16 Å². The molecule has 132 valence electrons.